The van der Waals surface area contributed by atoms with Crippen molar-refractivity contribution >= 4 is 23.4 Å². The van der Waals surface area contributed by atoms with Crippen molar-refractivity contribution < 1.29 is 4.79 Å². The van der Waals surface area contributed by atoms with Crippen LogP contribution in [0.25, 0.3) is 0 Å². The van der Waals surface area contributed by atoms with E-state index in [0.717, 1.165) is 30.6 Å². The highest BCUT2D eigenvalue weighted by Crippen LogP contribution is 2.48. The molecule has 1 fully saturated rings. The van der Waals surface area contributed by atoms with Gasteiger partial charge in [0.1, 0.15) is 11.6 Å². The van der Waals surface area contributed by atoms with E-state index in [-0.39, 0.29) is 34.6 Å². The van der Waals surface area contributed by atoms with E-state index < -0.39 is 0 Å². The molecule has 3 unspecified atom stereocenters. The number of rotatable bonds is 5. The monoisotopic (exact) mass is 411 g/mol. The minimum absolute atomic E-state index is 0.00764. The number of Topliss-reactive ketones (excluding diaryl/α,β-unsaturated/α-hetero) is 1. The summed E-state index contributed by atoms with van der Waals surface area (Å²) in [6.07, 6.45) is 3.63. The van der Waals surface area contributed by atoms with Gasteiger partial charge < -0.3 is 10.3 Å². The fourth-order valence-corrected chi connectivity index (χ4v) is 5.75. The molecule has 1 aromatic heterocycles. The van der Waals surface area contributed by atoms with Crippen LogP contribution in [0.15, 0.2) is 40.3 Å². The zero-order valence-electron chi connectivity index (χ0n) is 17.3. The molecule has 1 aromatic carbocycles. The van der Waals surface area contributed by atoms with Crippen LogP contribution in [0.1, 0.15) is 63.5 Å². The SMILES string of the molecule is CCCCSc1nc2c(c(=O)[nH]1)C(c1ccccc1)C1C(=O)CC(C)(C)CC1N2. The Morgan fingerprint density at radius 1 is 1.21 bits per heavy atom. The average Bonchev–Trinajstić information content (AvgIpc) is 2.66. The Bertz CT molecular complexity index is 954. The fraction of sp³-hybridized carbons (Fsp3) is 0.522. The lowest BCUT2D eigenvalue weighted by atomic mass is 9.62. The number of unbranched alkanes of at least 4 members (excludes halogenated alkanes) is 1. The van der Waals surface area contributed by atoms with Gasteiger partial charge in [0.15, 0.2) is 5.16 Å². The van der Waals surface area contributed by atoms with Crippen molar-refractivity contribution in [1.29, 1.82) is 0 Å². The molecule has 2 aliphatic rings. The Balaban J connectivity index is 1.81. The lowest BCUT2D eigenvalue weighted by Crippen LogP contribution is -2.51. The maximum atomic E-state index is 13.2. The highest BCUT2D eigenvalue weighted by Gasteiger charge is 2.49. The van der Waals surface area contributed by atoms with Gasteiger partial charge in [-0.15, -0.1) is 0 Å². The van der Waals surface area contributed by atoms with Crippen LogP contribution in [0.3, 0.4) is 0 Å². The second kappa shape index (κ2) is 7.98. The second-order valence-electron chi connectivity index (χ2n) is 9.01. The lowest BCUT2D eigenvalue weighted by molar-refractivity contribution is -0.129. The van der Waals surface area contributed by atoms with E-state index in [1.807, 2.05) is 30.3 Å². The molecular weight excluding hydrogens is 382 g/mol. The Morgan fingerprint density at radius 3 is 2.69 bits per heavy atom. The first-order valence-electron chi connectivity index (χ1n) is 10.5. The van der Waals surface area contributed by atoms with Gasteiger partial charge in [0.2, 0.25) is 0 Å². The van der Waals surface area contributed by atoms with Crippen LogP contribution in [0, 0.1) is 11.3 Å². The van der Waals surface area contributed by atoms with Crippen molar-refractivity contribution in [3.63, 3.8) is 0 Å². The average molecular weight is 412 g/mol. The summed E-state index contributed by atoms with van der Waals surface area (Å²) in [7, 11) is 0. The van der Waals surface area contributed by atoms with Crippen molar-refractivity contribution in [1.82, 2.24) is 9.97 Å². The Labute approximate surface area is 176 Å². The Kier molecular flexibility index (Phi) is 5.56. The molecule has 1 aliphatic carbocycles. The summed E-state index contributed by atoms with van der Waals surface area (Å²) in [6, 6.07) is 9.94. The number of thioether (sulfide) groups is 1. The molecule has 4 rings (SSSR count). The summed E-state index contributed by atoms with van der Waals surface area (Å²) in [4.78, 5) is 34.1. The Hall–Kier alpha value is -2.08. The van der Waals surface area contributed by atoms with Gasteiger partial charge in [-0.25, -0.2) is 4.98 Å². The number of hydrogen-bond acceptors (Lipinski definition) is 5. The number of ketones is 1. The van der Waals surface area contributed by atoms with Gasteiger partial charge >= 0.3 is 0 Å². The first-order chi connectivity index (χ1) is 13.9. The summed E-state index contributed by atoms with van der Waals surface area (Å²) in [5.41, 5.74) is 1.43. The molecule has 0 amide bonds. The molecule has 0 spiro atoms. The summed E-state index contributed by atoms with van der Waals surface area (Å²) in [5.74, 6) is 1.32. The zero-order valence-corrected chi connectivity index (χ0v) is 18.1. The summed E-state index contributed by atoms with van der Waals surface area (Å²) < 4.78 is 0. The van der Waals surface area contributed by atoms with Crippen molar-refractivity contribution in [3.05, 3.63) is 51.8 Å². The molecule has 29 heavy (non-hydrogen) atoms. The van der Waals surface area contributed by atoms with Crippen LogP contribution in [-0.4, -0.2) is 27.5 Å². The van der Waals surface area contributed by atoms with E-state index in [4.69, 9.17) is 4.98 Å². The number of nitrogens with zero attached hydrogens (tertiary/aromatic N) is 1. The molecule has 2 heterocycles. The number of hydrogen-bond donors (Lipinski definition) is 2. The molecule has 6 heteroatoms. The van der Waals surface area contributed by atoms with Crippen LogP contribution < -0.4 is 10.9 Å². The number of aromatic nitrogens is 2. The number of fused-ring (bicyclic) bond motifs is 2. The normalized spacial score (nSPS) is 25.1. The number of nitrogens with one attached hydrogen (secondary N) is 2. The second-order valence-corrected chi connectivity index (χ2v) is 10.1. The quantitative estimate of drug-likeness (QED) is 0.427. The molecule has 5 nitrogen and oxygen atoms in total. The van der Waals surface area contributed by atoms with Gasteiger partial charge in [-0.2, -0.15) is 0 Å². The van der Waals surface area contributed by atoms with Crippen LogP contribution in [0.4, 0.5) is 5.82 Å². The molecule has 1 saturated carbocycles. The van der Waals surface area contributed by atoms with Crippen LogP contribution >= 0.6 is 11.8 Å². The van der Waals surface area contributed by atoms with E-state index in [2.05, 4.69) is 31.1 Å². The molecule has 3 atom stereocenters. The van der Waals surface area contributed by atoms with Gasteiger partial charge in [0.25, 0.3) is 5.56 Å². The van der Waals surface area contributed by atoms with E-state index >= 15 is 0 Å². The number of benzene rings is 1. The molecular formula is C23H29N3O2S. The van der Waals surface area contributed by atoms with E-state index in [1.165, 1.54) is 0 Å². The molecule has 2 N–H and O–H groups in total. The summed E-state index contributed by atoms with van der Waals surface area (Å²) >= 11 is 1.59. The van der Waals surface area contributed by atoms with E-state index in [1.54, 1.807) is 11.8 Å². The van der Waals surface area contributed by atoms with Crippen molar-refractivity contribution in [2.24, 2.45) is 11.3 Å². The van der Waals surface area contributed by atoms with Crippen LogP contribution in [0.2, 0.25) is 0 Å². The minimum Gasteiger partial charge on any atom is -0.366 e. The number of carbonyl (C=O) groups excluding carboxylic acids is 1. The van der Waals surface area contributed by atoms with Gasteiger partial charge in [-0.3, -0.25) is 9.59 Å². The third-order valence-electron chi connectivity index (χ3n) is 6.05. The van der Waals surface area contributed by atoms with Crippen molar-refractivity contribution in [2.75, 3.05) is 11.1 Å². The number of anilines is 1. The van der Waals surface area contributed by atoms with Gasteiger partial charge in [-0.05, 0) is 23.8 Å². The van der Waals surface area contributed by atoms with E-state index in [9.17, 15) is 9.59 Å². The van der Waals surface area contributed by atoms with Gasteiger partial charge in [0, 0.05) is 30.1 Å². The molecule has 1 aliphatic heterocycles. The maximum absolute atomic E-state index is 13.2. The maximum Gasteiger partial charge on any atom is 0.257 e. The van der Waals surface area contributed by atoms with Crippen LogP contribution in [-0.2, 0) is 4.79 Å². The standard InChI is InChI=1S/C23H29N3O2S/c1-4-5-11-29-22-25-20-19(21(28)26-22)17(14-9-7-6-8-10-14)18-15(24-20)12-23(2,3)13-16(18)27/h6-10,15,17-18H,4-5,11-13H2,1-3H3,(H2,24,25,26,28). The summed E-state index contributed by atoms with van der Waals surface area (Å²) in [5, 5.41) is 4.15. The summed E-state index contributed by atoms with van der Waals surface area (Å²) in [6.45, 7) is 6.44. The van der Waals surface area contributed by atoms with Gasteiger partial charge in [-0.1, -0.05) is 69.3 Å². The minimum atomic E-state index is -0.257. The molecule has 0 bridgehead atoms. The molecule has 2 aromatic rings. The topological polar surface area (TPSA) is 74.8 Å². The predicted molar refractivity (Wildman–Crippen MR) is 118 cm³/mol. The van der Waals surface area contributed by atoms with Gasteiger partial charge in [0.05, 0.1) is 5.56 Å². The van der Waals surface area contributed by atoms with Crippen molar-refractivity contribution in [2.45, 2.75) is 63.6 Å². The first kappa shape index (κ1) is 20.2. The smallest absolute Gasteiger partial charge is 0.257 e. The molecule has 0 radical (unpaired) electrons. The fourth-order valence-electron chi connectivity index (χ4n) is 4.80. The molecule has 154 valence electrons. The van der Waals surface area contributed by atoms with E-state index in [0.29, 0.717) is 23.0 Å². The number of carbonyl (C=O) groups is 1. The number of H-pyrrole nitrogens is 1. The van der Waals surface area contributed by atoms with Crippen LogP contribution in [0.5, 0.6) is 0 Å². The highest BCUT2D eigenvalue weighted by molar-refractivity contribution is 7.99. The Morgan fingerprint density at radius 2 is 1.97 bits per heavy atom. The molecule has 0 saturated heterocycles. The lowest BCUT2D eigenvalue weighted by Gasteiger charge is -2.46. The number of aromatic amines is 1. The largest absolute Gasteiger partial charge is 0.366 e. The third kappa shape index (κ3) is 4.00. The third-order valence-corrected chi connectivity index (χ3v) is 7.01. The van der Waals surface area contributed by atoms with Crippen molar-refractivity contribution in [3.8, 4) is 0 Å². The zero-order chi connectivity index (χ0) is 20.6. The predicted octanol–water partition coefficient (Wildman–Crippen LogP) is 4.59. The first-order valence-corrected chi connectivity index (χ1v) is 11.5. The highest BCUT2D eigenvalue weighted by atomic mass is 32.2.